The van der Waals surface area contributed by atoms with E-state index in [1.165, 1.54) is 16.7 Å². The lowest BCUT2D eigenvalue weighted by Crippen LogP contribution is -2.27. The van der Waals surface area contributed by atoms with Crippen LogP contribution in [-0.4, -0.2) is 20.6 Å². The summed E-state index contributed by atoms with van der Waals surface area (Å²) < 4.78 is 1.63. The van der Waals surface area contributed by atoms with Gasteiger partial charge in [0, 0.05) is 18.3 Å². The number of nitrogens with zero attached hydrogens (tertiary/aromatic N) is 2. The molecular formula is C14H18N2O3S. The van der Waals surface area contributed by atoms with E-state index in [-0.39, 0.29) is 16.5 Å². The summed E-state index contributed by atoms with van der Waals surface area (Å²) in [6, 6.07) is 0. The quantitative estimate of drug-likeness (QED) is 0.920. The summed E-state index contributed by atoms with van der Waals surface area (Å²) in [6.45, 7) is 6.65. The highest BCUT2D eigenvalue weighted by Crippen LogP contribution is 2.22. The maximum Gasteiger partial charge on any atom is 0.337 e. The van der Waals surface area contributed by atoms with Crippen molar-refractivity contribution < 1.29 is 9.90 Å². The van der Waals surface area contributed by atoms with Crippen molar-refractivity contribution in [3.63, 3.8) is 0 Å². The van der Waals surface area contributed by atoms with Gasteiger partial charge in [-0.1, -0.05) is 20.8 Å². The highest BCUT2D eigenvalue weighted by Gasteiger charge is 2.19. The molecule has 2 heterocycles. The molecule has 0 fully saturated rings. The molecule has 0 radical (unpaired) electrons. The minimum Gasteiger partial charge on any atom is -0.478 e. The Morgan fingerprint density at radius 2 is 2.20 bits per heavy atom. The number of thiophene rings is 1. The number of aryl methyl sites for hydroxylation is 1. The van der Waals surface area contributed by atoms with Crippen molar-refractivity contribution in [2.45, 2.75) is 40.2 Å². The second-order valence-electron chi connectivity index (χ2n) is 5.22. The van der Waals surface area contributed by atoms with Crippen LogP contribution in [-0.2, 0) is 13.0 Å². The minimum atomic E-state index is -1.07. The van der Waals surface area contributed by atoms with Gasteiger partial charge in [0.15, 0.2) is 0 Å². The average molecular weight is 294 g/mol. The Labute approximate surface area is 120 Å². The molecule has 0 bridgehead atoms. The summed E-state index contributed by atoms with van der Waals surface area (Å²) in [5, 5.41) is 10.9. The van der Waals surface area contributed by atoms with Crippen molar-refractivity contribution in [2.24, 2.45) is 5.92 Å². The second kappa shape index (κ2) is 5.75. The molecule has 0 unspecified atom stereocenters. The maximum absolute atomic E-state index is 12.6. The van der Waals surface area contributed by atoms with Crippen molar-refractivity contribution in [1.82, 2.24) is 9.55 Å². The summed E-state index contributed by atoms with van der Waals surface area (Å²) >= 11 is 1.22. The van der Waals surface area contributed by atoms with Gasteiger partial charge in [-0.25, -0.2) is 9.78 Å². The second-order valence-corrected chi connectivity index (χ2v) is 6.08. The molecule has 2 aromatic heterocycles. The van der Waals surface area contributed by atoms with Gasteiger partial charge in [-0.2, -0.15) is 0 Å². The predicted octanol–water partition coefficient (Wildman–Crippen LogP) is 2.76. The zero-order valence-electron chi connectivity index (χ0n) is 11.8. The molecule has 20 heavy (non-hydrogen) atoms. The number of carboxylic acid groups (broad SMARTS) is 1. The van der Waals surface area contributed by atoms with Crippen molar-refractivity contribution in [2.75, 3.05) is 0 Å². The normalized spacial score (nSPS) is 11.4. The van der Waals surface area contributed by atoms with E-state index in [1.807, 2.05) is 20.8 Å². The molecule has 108 valence electrons. The molecule has 0 aliphatic heterocycles. The highest BCUT2D eigenvalue weighted by atomic mass is 32.1. The van der Waals surface area contributed by atoms with E-state index >= 15 is 0 Å². The number of fused-ring (bicyclic) bond motifs is 1. The molecule has 6 heteroatoms. The van der Waals surface area contributed by atoms with Crippen LogP contribution in [0.15, 0.2) is 10.2 Å². The van der Waals surface area contributed by atoms with Gasteiger partial charge in [-0.05, 0) is 12.3 Å². The van der Waals surface area contributed by atoms with Gasteiger partial charge in [0.1, 0.15) is 10.7 Å². The van der Waals surface area contributed by atoms with Gasteiger partial charge >= 0.3 is 5.97 Å². The first-order chi connectivity index (χ1) is 9.45. The van der Waals surface area contributed by atoms with Crippen LogP contribution in [0.1, 0.15) is 43.4 Å². The molecule has 0 saturated carbocycles. The first kappa shape index (κ1) is 14.7. The van der Waals surface area contributed by atoms with Crippen LogP contribution in [0.3, 0.4) is 0 Å². The Balaban J connectivity index is 2.74. The Morgan fingerprint density at radius 3 is 2.75 bits per heavy atom. The van der Waals surface area contributed by atoms with Crippen molar-refractivity contribution in [3.8, 4) is 0 Å². The van der Waals surface area contributed by atoms with Crippen molar-refractivity contribution in [1.29, 1.82) is 0 Å². The van der Waals surface area contributed by atoms with Gasteiger partial charge in [-0.15, -0.1) is 11.3 Å². The third-order valence-corrected chi connectivity index (χ3v) is 3.90. The van der Waals surface area contributed by atoms with E-state index in [0.717, 1.165) is 18.7 Å². The number of rotatable bonds is 5. The van der Waals surface area contributed by atoms with Gasteiger partial charge in [0.05, 0.1) is 10.9 Å². The molecule has 0 saturated heterocycles. The van der Waals surface area contributed by atoms with Crippen LogP contribution in [0, 0.1) is 5.92 Å². The zero-order valence-corrected chi connectivity index (χ0v) is 12.7. The van der Waals surface area contributed by atoms with Crippen LogP contribution < -0.4 is 5.56 Å². The summed E-state index contributed by atoms with van der Waals surface area (Å²) in [5.74, 6) is -0.0264. The summed E-state index contributed by atoms with van der Waals surface area (Å²) in [7, 11) is 0. The van der Waals surface area contributed by atoms with Gasteiger partial charge in [0.2, 0.25) is 0 Å². The largest absolute Gasteiger partial charge is 0.478 e. The van der Waals surface area contributed by atoms with Crippen LogP contribution in [0.25, 0.3) is 10.2 Å². The Hall–Kier alpha value is -1.69. The topological polar surface area (TPSA) is 72.2 Å². The van der Waals surface area contributed by atoms with Crippen LogP contribution in [0.5, 0.6) is 0 Å². The Bertz CT molecular complexity index is 700. The van der Waals surface area contributed by atoms with E-state index in [1.54, 1.807) is 4.57 Å². The predicted molar refractivity (Wildman–Crippen MR) is 79.7 cm³/mol. The highest BCUT2D eigenvalue weighted by molar-refractivity contribution is 7.17. The third kappa shape index (κ3) is 2.60. The molecule has 0 aliphatic rings. The molecule has 1 N–H and O–H groups in total. The number of aromatic nitrogens is 2. The molecule has 0 spiro atoms. The molecule has 0 amide bonds. The van der Waals surface area contributed by atoms with Gasteiger partial charge in [0.25, 0.3) is 5.56 Å². The van der Waals surface area contributed by atoms with Crippen LogP contribution in [0.4, 0.5) is 0 Å². The average Bonchev–Trinajstić information content (AvgIpc) is 2.78. The van der Waals surface area contributed by atoms with Crippen molar-refractivity contribution >= 4 is 27.5 Å². The molecule has 2 aromatic rings. The summed E-state index contributed by atoms with van der Waals surface area (Å²) in [6.07, 6.45) is 1.62. The minimum absolute atomic E-state index is 0.0584. The Kier molecular flexibility index (Phi) is 4.23. The SMILES string of the molecule is CCCc1nc2scc(C(=O)O)c2c(=O)n1CC(C)C. The van der Waals surface area contributed by atoms with E-state index in [0.29, 0.717) is 17.3 Å². The lowest BCUT2D eigenvalue weighted by atomic mass is 10.2. The van der Waals surface area contributed by atoms with Crippen LogP contribution in [0.2, 0.25) is 0 Å². The monoisotopic (exact) mass is 294 g/mol. The van der Waals surface area contributed by atoms with Gasteiger partial charge < -0.3 is 5.11 Å². The van der Waals surface area contributed by atoms with E-state index in [9.17, 15) is 14.7 Å². The fourth-order valence-electron chi connectivity index (χ4n) is 2.19. The molecule has 0 atom stereocenters. The smallest absolute Gasteiger partial charge is 0.337 e. The number of hydrogen-bond donors (Lipinski definition) is 1. The summed E-state index contributed by atoms with van der Waals surface area (Å²) in [4.78, 5) is 28.8. The molecule has 2 rings (SSSR count). The van der Waals surface area contributed by atoms with E-state index in [2.05, 4.69) is 4.98 Å². The van der Waals surface area contributed by atoms with Crippen LogP contribution >= 0.6 is 11.3 Å². The number of hydrogen-bond acceptors (Lipinski definition) is 4. The van der Waals surface area contributed by atoms with Gasteiger partial charge in [-0.3, -0.25) is 9.36 Å². The molecule has 5 nitrogen and oxygen atoms in total. The van der Waals surface area contributed by atoms with E-state index < -0.39 is 5.97 Å². The number of carboxylic acids is 1. The zero-order chi connectivity index (χ0) is 14.9. The Morgan fingerprint density at radius 1 is 1.50 bits per heavy atom. The maximum atomic E-state index is 12.6. The van der Waals surface area contributed by atoms with Crippen molar-refractivity contribution in [3.05, 3.63) is 27.1 Å². The number of aromatic carboxylic acids is 1. The fourth-order valence-corrected chi connectivity index (χ4v) is 3.11. The third-order valence-electron chi connectivity index (χ3n) is 3.02. The lowest BCUT2D eigenvalue weighted by molar-refractivity contribution is 0.0699. The standard InChI is InChI=1S/C14H18N2O3S/c1-4-5-10-15-12-11(9(7-20-12)14(18)19)13(17)16(10)6-8(2)3/h7-8H,4-6H2,1-3H3,(H,18,19). The lowest BCUT2D eigenvalue weighted by Gasteiger charge is -2.14. The fraction of sp³-hybridized carbons (Fsp3) is 0.500. The molecular weight excluding hydrogens is 276 g/mol. The summed E-state index contributed by atoms with van der Waals surface area (Å²) in [5.41, 5.74) is -0.172. The number of carbonyl (C=O) groups is 1. The molecule has 0 aromatic carbocycles. The first-order valence-corrected chi connectivity index (χ1v) is 7.57. The van der Waals surface area contributed by atoms with E-state index in [4.69, 9.17) is 0 Å². The molecule has 0 aliphatic carbocycles. The first-order valence-electron chi connectivity index (χ1n) is 6.69.